The van der Waals surface area contributed by atoms with Gasteiger partial charge in [-0.05, 0) is 47.5 Å². The number of carboxylic acids is 1. The average molecular weight is 327 g/mol. The van der Waals surface area contributed by atoms with Crippen LogP contribution in [0.1, 0.15) is 18.9 Å². The van der Waals surface area contributed by atoms with Crippen LogP contribution in [0.3, 0.4) is 0 Å². The molecule has 4 nitrogen and oxygen atoms in total. The lowest BCUT2D eigenvalue weighted by molar-refractivity contribution is -0.137. The lowest BCUT2D eigenvalue weighted by Gasteiger charge is -2.43. The quantitative estimate of drug-likeness (QED) is 0.895. The van der Waals surface area contributed by atoms with E-state index in [1.165, 1.54) is 5.56 Å². The molecule has 1 fully saturated rings. The number of benzene rings is 1. The van der Waals surface area contributed by atoms with E-state index >= 15 is 0 Å². The Bertz CT molecular complexity index is 479. The highest BCUT2D eigenvalue weighted by molar-refractivity contribution is 9.10. The van der Waals surface area contributed by atoms with Gasteiger partial charge in [-0.2, -0.15) is 0 Å². The minimum Gasteiger partial charge on any atom is -0.481 e. The predicted molar refractivity (Wildman–Crippen MR) is 79.7 cm³/mol. The summed E-state index contributed by atoms with van der Waals surface area (Å²) in [7, 11) is 0. The highest BCUT2D eigenvalue weighted by Crippen LogP contribution is 2.31. The lowest BCUT2D eigenvalue weighted by Crippen LogP contribution is -2.57. The van der Waals surface area contributed by atoms with E-state index in [9.17, 15) is 4.79 Å². The molecule has 5 heteroatoms. The number of anilines is 1. The van der Waals surface area contributed by atoms with Gasteiger partial charge in [-0.15, -0.1) is 0 Å². The van der Waals surface area contributed by atoms with E-state index < -0.39 is 5.97 Å². The molecule has 1 aliphatic heterocycles. The fourth-order valence-corrected chi connectivity index (χ4v) is 3.34. The molecule has 104 valence electrons. The van der Waals surface area contributed by atoms with E-state index in [-0.39, 0.29) is 18.5 Å². The molecule has 0 bridgehead atoms. The van der Waals surface area contributed by atoms with Crippen molar-refractivity contribution in [2.45, 2.75) is 32.4 Å². The van der Waals surface area contributed by atoms with Crippen molar-refractivity contribution in [1.29, 1.82) is 0 Å². The molecule has 2 N–H and O–H groups in total. The van der Waals surface area contributed by atoms with Gasteiger partial charge in [-0.25, -0.2) is 0 Å². The zero-order chi connectivity index (χ0) is 14.0. The van der Waals surface area contributed by atoms with Gasteiger partial charge in [0.25, 0.3) is 0 Å². The third-order valence-corrected chi connectivity index (χ3v) is 4.11. The van der Waals surface area contributed by atoms with E-state index in [0.717, 1.165) is 16.7 Å². The van der Waals surface area contributed by atoms with Gasteiger partial charge in [0, 0.05) is 23.6 Å². The molecule has 0 amide bonds. The monoisotopic (exact) mass is 326 g/mol. The standard InChI is InChI=1S/C14H19BrN2O2/c1-9-3-4-13(12(15)5-9)17-10(2)7-16-8-11(17)6-14(18)19/h3-5,10-11,16H,6-8H2,1-2H3,(H,18,19). The molecule has 1 heterocycles. The summed E-state index contributed by atoms with van der Waals surface area (Å²) in [6.07, 6.45) is 0.150. The molecule has 2 unspecified atom stereocenters. The number of hydrogen-bond donors (Lipinski definition) is 2. The third kappa shape index (κ3) is 3.28. The summed E-state index contributed by atoms with van der Waals surface area (Å²) in [5, 5.41) is 12.4. The van der Waals surface area contributed by atoms with E-state index in [1.54, 1.807) is 0 Å². The van der Waals surface area contributed by atoms with Crippen LogP contribution < -0.4 is 10.2 Å². The molecule has 0 aliphatic carbocycles. The maximum Gasteiger partial charge on any atom is 0.305 e. The van der Waals surface area contributed by atoms with Gasteiger partial charge in [0.15, 0.2) is 0 Å². The molecule has 1 aliphatic rings. The molecular weight excluding hydrogens is 308 g/mol. The maximum atomic E-state index is 11.0. The molecule has 2 rings (SSSR count). The number of nitrogens with zero attached hydrogens (tertiary/aromatic N) is 1. The zero-order valence-corrected chi connectivity index (χ0v) is 12.8. The van der Waals surface area contributed by atoms with Gasteiger partial charge in [0.2, 0.25) is 0 Å². The Morgan fingerprint density at radius 3 is 2.89 bits per heavy atom. The summed E-state index contributed by atoms with van der Waals surface area (Å²) in [6, 6.07) is 6.46. The smallest absolute Gasteiger partial charge is 0.305 e. The minimum atomic E-state index is -0.755. The van der Waals surface area contributed by atoms with Gasteiger partial charge in [0.1, 0.15) is 0 Å². The molecule has 1 saturated heterocycles. The van der Waals surface area contributed by atoms with Crippen LogP contribution in [-0.4, -0.2) is 36.2 Å². The summed E-state index contributed by atoms with van der Waals surface area (Å²) in [4.78, 5) is 13.2. The van der Waals surface area contributed by atoms with Crippen molar-refractivity contribution in [2.24, 2.45) is 0 Å². The van der Waals surface area contributed by atoms with Crippen molar-refractivity contribution in [3.05, 3.63) is 28.2 Å². The Morgan fingerprint density at radius 2 is 2.26 bits per heavy atom. The van der Waals surface area contributed by atoms with Crippen LogP contribution in [0.5, 0.6) is 0 Å². The van der Waals surface area contributed by atoms with Crippen molar-refractivity contribution < 1.29 is 9.90 Å². The van der Waals surface area contributed by atoms with Gasteiger partial charge in [0.05, 0.1) is 18.2 Å². The van der Waals surface area contributed by atoms with Crippen LogP contribution in [0.15, 0.2) is 22.7 Å². The Labute approximate surface area is 121 Å². The first-order valence-electron chi connectivity index (χ1n) is 6.46. The summed E-state index contributed by atoms with van der Waals surface area (Å²) in [5.41, 5.74) is 2.26. The Balaban J connectivity index is 2.33. The van der Waals surface area contributed by atoms with E-state index in [1.807, 2.05) is 6.92 Å². The second-order valence-electron chi connectivity index (χ2n) is 5.12. The normalized spacial score (nSPS) is 23.4. The number of halogens is 1. The second kappa shape index (κ2) is 5.92. The fraction of sp³-hybridized carbons (Fsp3) is 0.500. The number of piperazine rings is 1. The number of hydrogen-bond acceptors (Lipinski definition) is 3. The minimum absolute atomic E-state index is 0.0137. The topological polar surface area (TPSA) is 52.6 Å². The van der Waals surface area contributed by atoms with Crippen molar-refractivity contribution >= 4 is 27.6 Å². The summed E-state index contributed by atoms with van der Waals surface area (Å²) in [5.74, 6) is -0.755. The molecule has 0 saturated carbocycles. The van der Waals surface area contributed by atoms with Gasteiger partial charge in [-0.1, -0.05) is 6.07 Å². The fourth-order valence-electron chi connectivity index (χ4n) is 2.64. The number of aryl methyl sites for hydroxylation is 1. The van der Waals surface area contributed by atoms with Crippen molar-refractivity contribution in [3.8, 4) is 0 Å². The first-order valence-corrected chi connectivity index (χ1v) is 7.25. The van der Waals surface area contributed by atoms with Crippen LogP contribution in [-0.2, 0) is 4.79 Å². The number of carboxylic acid groups (broad SMARTS) is 1. The molecule has 1 aromatic rings. The van der Waals surface area contributed by atoms with Gasteiger partial charge in [-0.3, -0.25) is 4.79 Å². The van der Waals surface area contributed by atoms with E-state index in [0.29, 0.717) is 6.54 Å². The summed E-state index contributed by atoms with van der Waals surface area (Å²) >= 11 is 3.59. The van der Waals surface area contributed by atoms with Crippen LogP contribution in [0.25, 0.3) is 0 Å². The Morgan fingerprint density at radius 1 is 1.53 bits per heavy atom. The zero-order valence-electron chi connectivity index (χ0n) is 11.2. The number of aliphatic carboxylic acids is 1. The molecule has 0 radical (unpaired) electrons. The van der Waals surface area contributed by atoms with Crippen LogP contribution in [0.4, 0.5) is 5.69 Å². The van der Waals surface area contributed by atoms with Crippen molar-refractivity contribution in [3.63, 3.8) is 0 Å². The van der Waals surface area contributed by atoms with Crippen molar-refractivity contribution in [1.82, 2.24) is 5.32 Å². The first-order chi connectivity index (χ1) is 8.99. The van der Waals surface area contributed by atoms with Crippen LogP contribution >= 0.6 is 15.9 Å². The summed E-state index contributed by atoms with van der Waals surface area (Å²) in [6.45, 7) is 5.74. The molecule has 0 aromatic heterocycles. The average Bonchev–Trinajstić information content (AvgIpc) is 2.30. The molecule has 0 spiro atoms. The van der Waals surface area contributed by atoms with Gasteiger partial charge < -0.3 is 15.3 Å². The molecule has 1 aromatic carbocycles. The largest absolute Gasteiger partial charge is 0.481 e. The van der Waals surface area contributed by atoms with E-state index in [4.69, 9.17) is 5.11 Å². The lowest BCUT2D eigenvalue weighted by atomic mass is 10.0. The number of nitrogens with one attached hydrogen (secondary N) is 1. The van der Waals surface area contributed by atoms with Gasteiger partial charge >= 0.3 is 5.97 Å². The van der Waals surface area contributed by atoms with Crippen molar-refractivity contribution in [2.75, 3.05) is 18.0 Å². The molecule has 19 heavy (non-hydrogen) atoms. The molecular formula is C14H19BrN2O2. The maximum absolute atomic E-state index is 11.0. The second-order valence-corrected chi connectivity index (χ2v) is 5.98. The first kappa shape index (κ1) is 14.3. The summed E-state index contributed by atoms with van der Waals surface area (Å²) < 4.78 is 1.02. The molecule has 2 atom stereocenters. The number of carbonyl (C=O) groups is 1. The van der Waals surface area contributed by atoms with Crippen LogP contribution in [0.2, 0.25) is 0 Å². The van der Waals surface area contributed by atoms with Crippen LogP contribution in [0, 0.1) is 6.92 Å². The Hall–Kier alpha value is -1.07. The highest BCUT2D eigenvalue weighted by atomic mass is 79.9. The highest BCUT2D eigenvalue weighted by Gasteiger charge is 2.30. The predicted octanol–water partition coefficient (Wildman–Crippen LogP) is 2.40. The number of rotatable bonds is 3. The third-order valence-electron chi connectivity index (χ3n) is 3.48. The van der Waals surface area contributed by atoms with E-state index in [2.05, 4.69) is 51.3 Å². The SMILES string of the molecule is Cc1ccc(N2C(C)CNCC2CC(=O)O)c(Br)c1. The Kier molecular flexibility index (Phi) is 4.47.